The molecule has 0 aliphatic heterocycles. The van der Waals surface area contributed by atoms with E-state index in [1.165, 1.54) is 0 Å². The first-order valence-corrected chi connectivity index (χ1v) is 7.62. The van der Waals surface area contributed by atoms with E-state index in [0.717, 1.165) is 5.56 Å². The Hall–Kier alpha value is -2.42. The number of aromatic hydroxyl groups is 1. The number of carbonyl (C=O) groups is 2. The van der Waals surface area contributed by atoms with Crippen molar-refractivity contribution in [1.29, 1.82) is 0 Å². The highest BCUT2D eigenvalue weighted by Gasteiger charge is 2.27. The summed E-state index contributed by atoms with van der Waals surface area (Å²) in [7, 11) is 0. The van der Waals surface area contributed by atoms with Crippen LogP contribution >= 0.6 is 0 Å². The molecule has 23 heavy (non-hydrogen) atoms. The molecule has 2 aromatic carbocycles. The molecule has 0 aromatic heterocycles. The molecule has 2 rings (SSSR count). The second-order valence-electron chi connectivity index (χ2n) is 6.86. The highest BCUT2D eigenvalue weighted by Crippen LogP contribution is 2.36. The highest BCUT2D eigenvalue weighted by atomic mass is 16.3. The number of benzene rings is 2. The van der Waals surface area contributed by atoms with Crippen LogP contribution in [0, 0.1) is 13.8 Å². The molecule has 0 bridgehead atoms. The standard InChI is InChI=1S/C20H22O3/c1-12-11-15(20(3,4)5)17(21)13(2)16(12)19(23)18(22)14-9-7-6-8-10-14/h6-11,21H,1-5H3. The zero-order valence-corrected chi connectivity index (χ0v) is 14.2. The molecule has 0 spiro atoms. The third-order valence-corrected chi connectivity index (χ3v) is 4.02. The molecule has 0 saturated heterocycles. The summed E-state index contributed by atoms with van der Waals surface area (Å²) >= 11 is 0. The molecular formula is C20H22O3. The maximum atomic E-state index is 12.6. The van der Waals surface area contributed by atoms with Gasteiger partial charge >= 0.3 is 0 Å². The Morgan fingerprint density at radius 3 is 2.04 bits per heavy atom. The highest BCUT2D eigenvalue weighted by molar-refractivity contribution is 6.49. The predicted octanol–water partition coefficient (Wildman–Crippen LogP) is 4.37. The average Bonchev–Trinajstić information content (AvgIpc) is 2.49. The van der Waals surface area contributed by atoms with Gasteiger partial charge in [0.1, 0.15) is 5.75 Å². The van der Waals surface area contributed by atoms with Crippen LogP contribution in [0.3, 0.4) is 0 Å². The fourth-order valence-corrected chi connectivity index (χ4v) is 2.73. The number of phenols is 1. The van der Waals surface area contributed by atoms with E-state index in [1.54, 1.807) is 50.2 Å². The lowest BCUT2D eigenvalue weighted by Gasteiger charge is -2.24. The Labute approximate surface area is 137 Å². The lowest BCUT2D eigenvalue weighted by atomic mass is 9.81. The van der Waals surface area contributed by atoms with Gasteiger partial charge in [-0.25, -0.2) is 0 Å². The topological polar surface area (TPSA) is 54.4 Å². The van der Waals surface area contributed by atoms with Gasteiger partial charge in [-0.15, -0.1) is 0 Å². The molecule has 0 heterocycles. The van der Waals surface area contributed by atoms with E-state index in [4.69, 9.17) is 0 Å². The molecule has 3 nitrogen and oxygen atoms in total. The average molecular weight is 310 g/mol. The number of hydrogen-bond acceptors (Lipinski definition) is 3. The lowest BCUT2D eigenvalue weighted by Crippen LogP contribution is -2.19. The van der Waals surface area contributed by atoms with Crippen LogP contribution in [0.4, 0.5) is 0 Å². The molecule has 1 N–H and O–H groups in total. The molecule has 0 unspecified atom stereocenters. The summed E-state index contributed by atoms with van der Waals surface area (Å²) in [4.78, 5) is 25.1. The summed E-state index contributed by atoms with van der Waals surface area (Å²) in [6, 6.07) is 10.3. The van der Waals surface area contributed by atoms with Gasteiger partial charge < -0.3 is 5.11 Å². The van der Waals surface area contributed by atoms with E-state index in [0.29, 0.717) is 22.3 Å². The lowest BCUT2D eigenvalue weighted by molar-refractivity contribution is 0.0816. The molecule has 120 valence electrons. The number of Topliss-reactive ketones (excluding diaryl/α,β-unsaturated/α-hetero) is 2. The molecule has 0 aliphatic rings. The number of aryl methyl sites for hydroxylation is 1. The predicted molar refractivity (Wildman–Crippen MR) is 91.4 cm³/mol. The molecule has 0 saturated carbocycles. The Bertz CT molecular complexity index is 766. The Morgan fingerprint density at radius 2 is 1.52 bits per heavy atom. The SMILES string of the molecule is Cc1cc(C(C)(C)C)c(O)c(C)c1C(=O)C(=O)c1ccccc1. The van der Waals surface area contributed by atoms with Gasteiger partial charge in [-0.3, -0.25) is 9.59 Å². The van der Waals surface area contributed by atoms with E-state index in [9.17, 15) is 14.7 Å². The Balaban J connectivity index is 2.55. The van der Waals surface area contributed by atoms with Gasteiger partial charge in [0.05, 0.1) is 0 Å². The maximum absolute atomic E-state index is 12.6. The van der Waals surface area contributed by atoms with Crippen LogP contribution in [0.15, 0.2) is 36.4 Å². The van der Waals surface area contributed by atoms with Crippen molar-refractivity contribution in [3.8, 4) is 5.75 Å². The summed E-state index contributed by atoms with van der Waals surface area (Å²) in [5, 5.41) is 10.5. The summed E-state index contributed by atoms with van der Waals surface area (Å²) < 4.78 is 0. The normalized spacial score (nSPS) is 11.3. The zero-order valence-electron chi connectivity index (χ0n) is 14.2. The summed E-state index contributed by atoms with van der Waals surface area (Å²) in [5.41, 5.74) is 2.35. The quantitative estimate of drug-likeness (QED) is 0.676. The van der Waals surface area contributed by atoms with Crippen LogP contribution in [0.25, 0.3) is 0 Å². The molecule has 0 fully saturated rings. The Kier molecular flexibility index (Phi) is 4.42. The van der Waals surface area contributed by atoms with Crippen molar-refractivity contribution in [2.75, 3.05) is 0 Å². The van der Waals surface area contributed by atoms with E-state index >= 15 is 0 Å². The fraction of sp³-hybridized carbons (Fsp3) is 0.300. The van der Waals surface area contributed by atoms with Crippen molar-refractivity contribution in [2.24, 2.45) is 0 Å². The van der Waals surface area contributed by atoms with Crippen LogP contribution in [-0.4, -0.2) is 16.7 Å². The van der Waals surface area contributed by atoms with Gasteiger partial charge in [0.15, 0.2) is 0 Å². The number of carbonyl (C=O) groups excluding carboxylic acids is 2. The van der Waals surface area contributed by atoms with Crippen LogP contribution in [-0.2, 0) is 5.41 Å². The van der Waals surface area contributed by atoms with Gasteiger partial charge in [0.2, 0.25) is 11.6 Å². The van der Waals surface area contributed by atoms with E-state index in [-0.39, 0.29) is 11.2 Å². The smallest absolute Gasteiger partial charge is 0.234 e. The number of phenolic OH excluding ortho intramolecular Hbond substituents is 1. The zero-order chi connectivity index (χ0) is 17.4. The van der Waals surface area contributed by atoms with Crippen molar-refractivity contribution in [1.82, 2.24) is 0 Å². The molecule has 2 aromatic rings. The first-order chi connectivity index (χ1) is 10.6. The summed E-state index contributed by atoms with van der Waals surface area (Å²) in [6.45, 7) is 9.48. The van der Waals surface area contributed by atoms with Gasteiger partial charge in [-0.05, 0) is 30.4 Å². The van der Waals surface area contributed by atoms with E-state index < -0.39 is 11.6 Å². The van der Waals surface area contributed by atoms with E-state index in [2.05, 4.69) is 0 Å². The minimum atomic E-state index is -0.582. The maximum Gasteiger partial charge on any atom is 0.234 e. The fourth-order valence-electron chi connectivity index (χ4n) is 2.73. The van der Waals surface area contributed by atoms with Gasteiger partial charge in [-0.2, -0.15) is 0 Å². The molecule has 0 radical (unpaired) electrons. The second-order valence-corrected chi connectivity index (χ2v) is 6.86. The second kappa shape index (κ2) is 5.99. The largest absolute Gasteiger partial charge is 0.507 e. The van der Waals surface area contributed by atoms with Crippen LogP contribution < -0.4 is 0 Å². The molecule has 0 aliphatic carbocycles. The van der Waals surface area contributed by atoms with E-state index in [1.807, 2.05) is 20.8 Å². The molecule has 3 heteroatoms. The summed E-state index contributed by atoms with van der Waals surface area (Å²) in [6.07, 6.45) is 0. The van der Waals surface area contributed by atoms with Crippen LogP contribution in [0.1, 0.15) is 58.2 Å². The van der Waals surface area contributed by atoms with Crippen molar-refractivity contribution >= 4 is 11.6 Å². The van der Waals surface area contributed by atoms with Crippen LogP contribution in [0.2, 0.25) is 0 Å². The molecular weight excluding hydrogens is 288 g/mol. The van der Waals surface area contributed by atoms with Gasteiger partial charge in [0, 0.05) is 16.7 Å². The van der Waals surface area contributed by atoms with Crippen LogP contribution in [0.5, 0.6) is 5.75 Å². The first-order valence-electron chi connectivity index (χ1n) is 7.62. The van der Waals surface area contributed by atoms with Crippen molar-refractivity contribution in [3.63, 3.8) is 0 Å². The van der Waals surface area contributed by atoms with Gasteiger partial charge in [-0.1, -0.05) is 57.2 Å². The number of ketones is 2. The summed E-state index contributed by atoms with van der Waals surface area (Å²) in [5.74, 6) is -1.05. The third-order valence-electron chi connectivity index (χ3n) is 4.02. The molecule has 0 amide bonds. The molecule has 0 atom stereocenters. The Morgan fingerprint density at radius 1 is 0.957 bits per heavy atom. The monoisotopic (exact) mass is 310 g/mol. The third kappa shape index (κ3) is 3.19. The number of rotatable bonds is 3. The van der Waals surface area contributed by atoms with Crippen molar-refractivity contribution < 1.29 is 14.7 Å². The minimum Gasteiger partial charge on any atom is -0.507 e. The van der Waals surface area contributed by atoms with Crippen molar-refractivity contribution in [2.45, 2.75) is 40.0 Å². The van der Waals surface area contributed by atoms with Crippen molar-refractivity contribution in [3.05, 3.63) is 64.2 Å². The van der Waals surface area contributed by atoms with Gasteiger partial charge in [0.25, 0.3) is 0 Å². The number of hydrogen-bond donors (Lipinski definition) is 1. The first kappa shape index (κ1) is 16.9. The minimum absolute atomic E-state index is 0.0901.